The summed E-state index contributed by atoms with van der Waals surface area (Å²) in [6.45, 7) is 1.18. The number of hydrogen-bond acceptors (Lipinski definition) is 5. The molecule has 1 aliphatic heterocycles. The Balaban J connectivity index is 1.64. The topological polar surface area (TPSA) is 58.5 Å². The summed E-state index contributed by atoms with van der Waals surface area (Å²) in [7, 11) is 1.43. The first-order valence-electron chi connectivity index (χ1n) is 8.72. The number of methoxy groups -OCH3 is 1. The molecule has 0 unspecified atom stereocenters. The van der Waals surface area contributed by atoms with Crippen molar-refractivity contribution in [3.8, 4) is 5.75 Å². The number of benzene rings is 2. The van der Waals surface area contributed by atoms with E-state index in [-0.39, 0.29) is 5.75 Å². The number of halogens is 2. The Morgan fingerprint density at radius 1 is 1.19 bits per heavy atom. The lowest BCUT2D eigenvalue weighted by atomic mass is 9.84. The van der Waals surface area contributed by atoms with Crippen molar-refractivity contribution in [2.75, 3.05) is 25.1 Å². The molecule has 4 rings (SSSR count). The number of fused-ring (bicyclic) bond motifs is 1. The van der Waals surface area contributed by atoms with Gasteiger partial charge in [-0.3, -0.25) is 0 Å². The quantitative estimate of drug-likeness (QED) is 0.738. The molecule has 0 aliphatic carbocycles. The number of rotatable bonds is 3. The monoisotopic (exact) mass is 387 g/mol. The first kappa shape index (κ1) is 17.9. The van der Waals surface area contributed by atoms with E-state index in [1.807, 2.05) is 18.2 Å². The molecule has 1 fully saturated rings. The summed E-state index contributed by atoms with van der Waals surface area (Å²) in [5.74, 6) is 0.407. The van der Waals surface area contributed by atoms with Crippen molar-refractivity contribution in [2.45, 2.75) is 18.4 Å². The Morgan fingerprint density at radius 2 is 1.93 bits per heavy atom. The number of ether oxygens (including phenoxy) is 1. The average molecular weight is 388 g/mol. The summed E-state index contributed by atoms with van der Waals surface area (Å²) in [4.78, 5) is 10.6. The first-order chi connectivity index (χ1) is 13.0. The highest BCUT2D eigenvalue weighted by atomic mass is 35.5. The molecule has 1 aliphatic rings. The second kappa shape index (κ2) is 6.94. The average Bonchev–Trinajstić information content (AvgIpc) is 2.68. The second-order valence-electron chi connectivity index (χ2n) is 6.70. The lowest BCUT2D eigenvalue weighted by molar-refractivity contribution is 0.0118. The zero-order valence-corrected chi connectivity index (χ0v) is 15.6. The molecule has 27 heavy (non-hydrogen) atoms. The molecule has 0 spiro atoms. The van der Waals surface area contributed by atoms with Gasteiger partial charge in [-0.1, -0.05) is 29.8 Å². The van der Waals surface area contributed by atoms with E-state index in [4.69, 9.17) is 16.3 Å². The minimum atomic E-state index is -0.971. The van der Waals surface area contributed by atoms with E-state index in [1.165, 1.54) is 19.5 Å². The Bertz CT molecular complexity index is 990. The maximum atomic E-state index is 14.0. The SMILES string of the molecule is COc1cc2c(N3CCC(O)(c4ccccc4Cl)CC3)ncnc2cc1F. The molecule has 1 saturated heterocycles. The third kappa shape index (κ3) is 3.19. The van der Waals surface area contributed by atoms with E-state index in [2.05, 4.69) is 14.9 Å². The molecule has 2 aromatic carbocycles. The van der Waals surface area contributed by atoms with Gasteiger partial charge < -0.3 is 14.7 Å². The van der Waals surface area contributed by atoms with Gasteiger partial charge in [0.1, 0.15) is 12.1 Å². The third-order valence-corrected chi connectivity index (χ3v) is 5.48. The number of aliphatic hydroxyl groups is 1. The third-order valence-electron chi connectivity index (χ3n) is 5.15. The van der Waals surface area contributed by atoms with E-state index in [0.717, 1.165) is 10.9 Å². The second-order valence-corrected chi connectivity index (χ2v) is 7.11. The number of hydrogen-bond donors (Lipinski definition) is 1. The Kier molecular flexibility index (Phi) is 4.61. The first-order valence-corrected chi connectivity index (χ1v) is 9.10. The fraction of sp³-hybridized carbons (Fsp3) is 0.300. The van der Waals surface area contributed by atoms with Crippen molar-refractivity contribution < 1.29 is 14.2 Å². The molecule has 1 N–H and O–H groups in total. The van der Waals surface area contributed by atoms with Crippen LogP contribution in [0.4, 0.5) is 10.2 Å². The van der Waals surface area contributed by atoms with Crippen LogP contribution in [0.25, 0.3) is 10.9 Å². The van der Waals surface area contributed by atoms with Gasteiger partial charge in [0.15, 0.2) is 11.6 Å². The molecule has 0 atom stereocenters. The van der Waals surface area contributed by atoms with Crippen LogP contribution in [0, 0.1) is 5.82 Å². The molecule has 2 heterocycles. The number of piperidine rings is 1. The van der Waals surface area contributed by atoms with Gasteiger partial charge in [0, 0.05) is 35.1 Å². The molecule has 1 aromatic heterocycles. The Morgan fingerprint density at radius 3 is 2.63 bits per heavy atom. The van der Waals surface area contributed by atoms with E-state index >= 15 is 0 Å². The lowest BCUT2D eigenvalue weighted by Crippen LogP contribution is -2.43. The number of aromatic nitrogens is 2. The number of nitrogens with zero attached hydrogens (tertiary/aromatic N) is 3. The summed E-state index contributed by atoms with van der Waals surface area (Å²) < 4.78 is 19.1. The largest absolute Gasteiger partial charge is 0.494 e. The fourth-order valence-electron chi connectivity index (χ4n) is 3.65. The maximum absolute atomic E-state index is 14.0. The van der Waals surface area contributed by atoms with Crippen molar-refractivity contribution in [2.24, 2.45) is 0 Å². The Labute approximate surface area is 161 Å². The van der Waals surface area contributed by atoms with Gasteiger partial charge in [0.25, 0.3) is 0 Å². The van der Waals surface area contributed by atoms with Crippen LogP contribution in [0.1, 0.15) is 18.4 Å². The normalized spacial score (nSPS) is 16.5. The smallest absolute Gasteiger partial charge is 0.167 e. The van der Waals surface area contributed by atoms with Crippen LogP contribution >= 0.6 is 11.6 Å². The summed E-state index contributed by atoms with van der Waals surface area (Å²) in [6.07, 6.45) is 2.46. The predicted octanol–water partition coefficient (Wildman–Crippen LogP) is 3.92. The van der Waals surface area contributed by atoms with Crippen LogP contribution < -0.4 is 9.64 Å². The minimum Gasteiger partial charge on any atom is -0.494 e. The molecule has 0 saturated carbocycles. The predicted molar refractivity (Wildman–Crippen MR) is 103 cm³/mol. The van der Waals surface area contributed by atoms with Crippen LogP contribution in [0.2, 0.25) is 5.02 Å². The molecule has 0 radical (unpaired) electrons. The zero-order valence-electron chi connectivity index (χ0n) is 14.8. The van der Waals surface area contributed by atoms with Crippen molar-refractivity contribution in [1.29, 1.82) is 0 Å². The van der Waals surface area contributed by atoms with Crippen LogP contribution in [0.3, 0.4) is 0 Å². The minimum absolute atomic E-state index is 0.156. The summed E-state index contributed by atoms with van der Waals surface area (Å²) in [5.41, 5.74) is 0.300. The molecule has 7 heteroatoms. The van der Waals surface area contributed by atoms with Crippen molar-refractivity contribution in [3.05, 3.63) is 59.1 Å². The van der Waals surface area contributed by atoms with Crippen molar-refractivity contribution in [1.82, 2.24) is 9.97 Å². The van der Waals surface area contributed by atoms with Crippen molar-refractivity contribution in [3.63, 3.8) is 0 Å². The van der Waals surface area contributed by atoms with E-state index in [9.17, 15) is 9.50 Å². The van der Waals surface area contributed by atoms with Crippen LogP contribution in [0.15, 0.2) is 42.7 Å². The summed E-state index contributed by atoms with van der Waals surface area (Å²) in [6, 6.07) is 10.4. The highest BCUT2D eigenvalue weighted by Crippen LogP contribution is 2.39. The number of anilines is 1. The molecule has 0 amide bonds. The van der Waals surface area contributed by atoms with Crippen LogP contribution in [-0.2, 0) is 5.60 Å². The molecule has 5 nitrogen and oxygen atoms in total. The van der Waals surface area contributed by atoms with Gasteiger partial charge >= 0.3 is 0 Å². The van der Waals surface area contributed by atoms with Gasteiger partial charge in [-0.2, -0.15) is 0 Å². The molecule has 0 bridgehead atoms. The van der Waals surface area contributed by atoms with Gasteiger partial charge in [-0.25, -0.2) is 14.4 Å². The van der Waals surface area contributed by atoms with Crippen LogP contribution in [0.5, 0.6) is 5.75 Å². The molecular formula is C20H19ClFN3O2. The van der Waals surface area contributed by atoms with Crippen molar-refractivity contribution >= 4 is 28.3 Å². The Hall–Kier alpha value is -2.44. The van der Waals surface area contributed by atoms with Gasteiger partial charge in [-0.05, 0) is 25.0 Å². The molecular weight excluding hydrogens is 369 g/mol. The fourth-order valence-corrected chi connectivity index (χ4v) is 3.96. The van der Waals surface area contributed by atoms with E-state index in [0.29, 0.717) is 42.3 Å². The molecule has 140 valence electrons. The molecule has 3 aromatic rings. The van der Waals surface area contributed by atoms with Gasteiger partial charge in [-0.15, -0.1) is 0 Å². The van der Waals surface area contributed by atoms with Crippen LogP contribution in [-0.4, -0.2) is 35.3 Å². The summed E-state index contributed by atoms with van der Waals surface area (Å²) in [5, 5.41) is 12.4. The highest BCUT2D eigenvalue weighted by Gasteiger charge is 2.36. The van der Waals surface area contributed by atoms with E-state index in [1.54, 1.807) is 12.1 Å². The van der Waals surface area contributed by atoms with Gasteiger partial charge in [0.05, 0.1) is 18.2 Å². The highest BCUT2D eigenvalue weighted by molar-refractivity contribution is 6.31. The maximum Gasteiger partial charge on any atom is 0.167 e. The zero-order chi connectivity index (χ0) is 19.0. The lowest BCUT2D eigenvalue weighted by Gasteiger charge is -2.39. The van der Waals surface area contributed by atoms with E-state index < -0.39 is 11.4 Å². The standard InChI is InChI=1S/C20H19ClFN3O2/c1-27-18-10-13-17(11-16(18)22)23-12-24-19(13)25-8-6-20(26,7-9-25)14-4-2-3-5-15(14)21/h2-5,10-12,26H,6-9H2,1H3. The summed E-state index contributed by atoms with van der Waals surface area (Å²) >= 11 is 6.28. The van der Waals surface area contributed by atoms with Gasteiger partial charge in [0.2, 0.25) is 0 Å².